The Labute approximate surface area is 107 Å². The Morgan fingerprint density at radius 3 is 2.28 bits per heavy atom. The number of aromatic amines is 1. The number of hydrogen-bond donors (Lipinski definition) is 1. The number of rotatable bonds is 5. The fraction of sp³-hybridized carbons (Fsp3) is 0.500. The molecule has 0 saturated carbocycles. The molecule has 4 nitrogen and oxygen atoms in total. The van der Waals surface area contributed by atoms with Gasteiger partial charge in [-0.1, -0.05) is 13.8 Å². The molecule has 0 unspecified atom stereocenters. The van der Waals surface area contributed by atoms with Gasteiger partial charge in [0.1, 0.15) is 5.82 Å². The molecule has 0 spiro atoms. The minimum absolute atomic E-state index is 0.481. The van der Waals surface area contributed by atoms with Crippen molar-refractivity contribution in [3.05, 3.63) is 18.0 Å². The molecule has 0 bridgehead atoms. The Balaban J connectivity index is 2.50. The number of fused-ring (bicyclic) bond motifs is 1. The van der Waals surface area contributed by atoms with Crippen molar-refractivity contribution in [3.63, 3.8) is 0 Å². The number of nitrogens with one attached hydrogen (secondary N) is 1. The van der Waals surface area contributed by atoms with Crippen LogP contribution < -0.4 is 9.47 Å². The molecule has 0 aliphatic heterocycles. The molecular formula is C14H20N2O2. The van der Waals surface area contributed by atoms with Crippen LogP contribution in [0.2, 0.25) is 0 Å². The summed E-state index contributed by atoms with van der Waals surface area (Å²) in [6.07, 6.45) is 2.18. The second-order valence-corrected chi connectivity index (χ2v) is 4.36. The minimum Gasteiger partial charge on any atom is -0.493 e. The molecule has 1 aromatic carbocycles. The molecule has 98 valence electrons. The first kappa shape index (κ1) is 12.7. The summed E-state index contributed by atoms with van der Waals surface area (Å²) in [6, 6.07) is 3.85. The maximum atomic E-state index is 5.29. The molecule has 18 heavy (non-hydrogen) atoms. The lowest BCUT2D eigenvalue weighted by Gasteiger charge is -2.07. The molecule has 2 rings (SSSR count). The van der Waals surface area contributed by atoms with Crippen LogP contribution >= 0.6 is 0 Å². The Morgan fingerprint density at radius 1 is 1.11 bits per heavy atom. The van der Waals surface area contributed by atoms with E-state index in [1.165, 1.54) is 0 Å². The fourth-order valence-corrected chi connectivity index (χ4v) is 2.23. The van der Waals surface area contributed by atoms with Gasteiger partial charge in [0.15, 0.2) is 11.5 Å². The summed E-state index contributed by atoms with van der Waals surface area (Å²) in [4.78, 5) is 8.02. The van der Waals surface area contributed by atoms with Crippen LogP contribution in [-0.2, 0) is 0 Å². The van der Waals surface area contributed by atoms with E-state index in [9.17, 15) is 0 Å². The highest BCUT2D eigenvalue weighted by molar-refractivity contribution is 5.79. The zero-order valence-corrected chi connectivity index (χ0v) is 11.4. The summed E-state index contributed by atoms with van der Waals surface area (Å²) < 4.78 is 10.6. The molecule has 0 amide bonds. The largest absolute Gasteiger partial charge is 0.493 e. The van der Waals surface area contributed by atoms with Gasteiger partial charge in [-0.05, 0) is 12.8 Å². The lowest BCUT2D eigenvalue weighted by molar-refractivity contribution is 0.356. The Morgan fingerprint density at radius 2 is 1.72 bits per heavy atom. The van der Waals surface area contributed by atoms with E-state index in [-0.39, 0.29) is 0 Å². The average molecular weight is 248 g/mol. The van der Waals surface area contributed by atoms with Crippen molar-refractivity contribution in [1.29, 1.82) is 0 Å². The molecule has 0 atom stereocenters. The number of H-pyrrole nitrogens is 1. The van der Waals surface area contributed by atoms with Gasteiger partial charge in [-0.25, -0.2) is 4.98 Å². The van der Waals surface area contributed by atoms with Gasteiger partial charge in [0.05, 0.1) is 25.3 Å². The number of hydrogen-bond acceptors (Lipinski definition) is 3. The summed E-state index contributed by atoms with van der Waals surface area (Å²) in [7, 11) is 3.28. The van der Waals surface area contributed by atoms with E-state index in [0.717, 1.165) is 35.4 Å². The van der Waals surface area contributed by atoms with Crippen LogP contribution in [0.15, 0.2) is 12.1 Å². The van der Waals surface area contributed by atoms with Crippen molar-refractivity contribution >= 4 is 11.0 Å². The molecule has 0 fully saturated rings. The van der Waals surface area contributed by atoms with Gasteiger partial charge in [0, 0.05) is 18.1 Å². The van der Waals surface area contributed by atoms with Gasteiger partial charge >= 0.3 is 0 Å². The van der Waals surface area contributed by atoms with Gasteiger partial charge in [-0.2, -0.15) is 0 Å². The van der Waals surface area contributed by atoms with Crippen LogP contribution in [0.4, 0.5) is 0 Å². The molecule has 4 heteroatoms. The summed E-state index contributed by atoms with van der Waals surface area (Å²) in [5.41, 5.74) is 1.92. The summed E-state index contributed by atoms with van der Waals surface area (Å²) in [5.74, 6) is 2.97. The van der Waals surface area contributed by atoms with Crippen molar-refractivity contribution in [3.8, 4) is 11.5 Å². The van der Waals surface area contributed by atoms with Crippen LogP contribution in [0.3, 0.4) is 0 Å². The van der Waals surface area contributed by atoms with E-state index in [2.05, 4.69) is 23.8 Å². The van der Waals surface area contributed by atoms with Gasteiger partial charge in [-0.3, -0.25) is 0 Å². The van der Waals surface area contributed by atoms with E-state index in [4.69, 9.17) is 9.47 Å². The first-order valence-corrected chi connectivity index (χ1v) is 6.35. The molecule has 2 aromatic rings. The van der Waals surface area contributed by atoms with Crippen LogP contribution in [0.25, 0.3) is 11.0 Å². The summed E-state index contributed by atoms with van der Waals surface area (Å²) >= 11 is 0. The predicted octanol–water partition coefficient (Wildman–Crippen LogP) is 3.48. The van der Waals surface area contributed by atoms with E-state index in [1.54, 1.807) is 14.2 Å². The summed E-state index contributed by atoms with van der Waals surface area (Å²) in [6.45, 7) is 4.37. The normalized spacial score (nSPS) is 11.2. The standard InChI is InChI=1S/C14H20N2O2/c1-5-9(6-2)14-15-10-7-12(17-3)13(18-4)8-11(10)16-14/h7-9H,5-6H2,1-4H3,(H,15,16). The number of ether oxygens (including phenoxy) is 2. The number of imidazole rings is 1. The van der Waals surface area contributed by atoms with Crippen molar-refractivity contribution in [2.24, 2.45) is 0 Å². The molecule has 0 aliphatic carbocycles. The first-order chi connectivity index (χ1) is 8.73. The second kappa shape index (κ2) is 5.29. The highest BCUT2D eigenvalue weighted by Gasteiger charge is 2.14. The zero-order chi connectivity index (χ0) is 13.1. The van der Waals surface area contributed by atoms with E-state index in [0.29, 0.717) is 11.7 Å². The number of aromatic nitrogens is 2. The fourth-order valence-electron chi connectivity index (χ4n) is 2.23. The smallest absolute Gasteiger partial charge is 0.163 e. The van der Waals surface area contributed by atoms with Crippen LogP contribution in [0.1, 0.15) is 38.4 Å². The molecule has 0 radical (unpaired) electrons. The number of methoxy groups -OCH3 is 2. The SMILES string of the molecule is CCC(CC)c1nc2cc(OC)c(OC)cc2[nH]1. The maximum Gasteiger partial charge on any atom is 0.163 e. The molecule has 1 heterocycles. The van der Waals surface area contributed by atoms with E-state index >= 15 is 0 Å². The first-order valence-electron chi connectivity index (χ1n) is 6.35. The van der Waals surface area contributed by atoms with Crippen molar-refractivity contribution in [2.75, 3.05) is 14.2 Å². The third kappa shape index (κ3) is 2.15. The average Bonchev–Trinajstić information content (AvgIpc) is 2.80. The highest BCUT2D eigenvalue weighted by Crippen LogP contribution is 2.32. The predicted molar refractivity (Wildman–Crippen MR) is 72.5 cm³/mol. The molecule has 1 aromatic heterocycles. The van der Waals surface area contributed by atoms with Crippen molar-refractivity contribution in [2.45, 2.75) is 32.6 Å². The third-order valence-corrected chi connectivity index (χ3v) is 3.38. The number of nitrogens with zero attached hydrogens (tertiary/aromatic N) is 1. The monoisotopic (exact) mass is 248 g/mol. The Hall–Kier alpha value is -1.71. The van der Waals surface area contributed by atoms with Crippen LogP contribution in [-0.4, -0.2) is 24.2 Å². The van der Waals surface area contributed by atoms with Gasteiger partial charge in [-0.15, -0.1) is 0 Å². The lowest BCUT2D eigenvalue weighted by atomic mass is 10.0. The number of benzene rings is 1. The lowest BCUT2D eigenvalue weighted by Crippen LogP contribution is -1.97. The topological polar surface area (TPSA) is 47.1 Å². The Bertz CT molecular complexity index is 489. The molecular weight excluding hydrogens is 228 g/mol. The van der Waals surface area contributed by atoms with Gasteiger partial charge < -0.3 is 14.5 Å². The molecule has 0 saturated heterocycles. The quantitative estimate of drug-likeness (QED) is 0.881. The van der Waals surface area contributed by atoms with Gasteiger partial charge in [0.25, 0.3) is 0 Å². The highest BCUT2D eigenvalue weighted by atomic mass is 16.5. The van der Waals surface area contributed by atoms with Gasteiger partial charge in [0.2, 0.25) is 0 Å². The zero-order valence-electron chi connectivity index (χ0n) is 11.4. The Kier molecular flexibility index (Phi) is 3.75. The van der Waals surface area contributed by atoms with Crippen LogP contribution in [0, 0.1) is 0 Å². The van der Waals surface area contributed by atoms with E-state index in [1.807, 2.05) is 12.1 Å². The third-order valence-electron chi connectivity index (χ3n) is 3.38. The van der Waals surface area contributed by atoms with E-state index < -0.39 is 0 Å². The molecule has 1 N–H and O–H groups in total. The van der Waals surface area contributed by atoms with Crippen molar-refractivity contribution < 1.29 is 9.47 Å². The van der Waals surface area contributed by atoms with Crippen LogP contribution in [0.5, 0.6) is 11.5 Å². The second-order valence-electron chi connectivity index (χ2n) is 4.36. The maximum absolute atomic E-state index is 5.29. The minimum atomic E-state index is 0.481. The molecule has 0 aliphatic rings. The van der Waals surface area contributed by atoms with Crippen molar-refractivity contribution in [1.82, 2.24) is 9.97 Å². The summed E-state index contributed by atoms with van der Waals surface area (Å²) in [5, 5.41) is 0.